The highest BCUT2D eigenvalue weighted by molar-refractivity contribution is 7.21. The normalized spacial score (nSPS) is 12.3. The molecule has 0 aliphatic heterocycles. The number of phenolic OH excluding ortho intramolecular Hbond substituents is 1. The van der Waals surface area contributed by atoms with Gasteiger partial charge in [0.25, 0.3) is 0 Å². The van der Waals surface area contributed by atoms with E-state index in [2.05, 4.69) is 102 Å². The topological polar surface area (TPSA) is 33.1 Å². The second-order valence-electron chi connectivity index (χ2n) is 11.6. The van der Waals surface area contributed by atoms with Crippen molar-refractivity contribution in [2.24, 2.45) is 0 Å². The van der Waals surface area contributed by atoms with Crippen molar-refractivity contribution in [3.63, 3.8) is 0 Å². The molecule has 0 atom stereocenters. The van der Waals surface area contributed by atoms with Gasteiger partial charge in [0.2, 0.25) is 0 Å². The van der Waals surface area contributed by atoms with E-state index in [1.54, 1.807) is 17.4 Å². The fraction of sp³-hybridized carbons (Fsp3) is 0.242. The Morgan fingerprint density at radius 2 is 1.28 bits per heavy atom. The quantitative estimate of drug-likeness (QED) is 0.272. The highest BCUT2D eigenvalue weighted by Crippen LogP contribution is 2.41. The molecule has 182 valence electrons. The average molecular weight is 492 g/mol. The zero-order valence-electron chi connectivity index (χ0n) is 21.9. The smallest absolute Gasteiger partial charge is 0.128 e. The van der Waals surface area contributed by atoms with Crippen molar-refractivity contribution in [1.82, 2.24) is 4.98 Å². The van der Waals surface area contributed by atoms with Crippen LogP contribution in [0, 0.1) is 0 Å². The highest BCUT2D eigenvalue weighted by atomic mass is 32.1. The van der Waals surface area contributed by atoms with Crippen LogP contribution in [-0.4, -0.2) is 10.1 Å². The number of phenols is 1. The maximum Gasteiger partial charge on any atom is 0.128 e. The Kier molecular flexibility index (Phi) is 6.00. The number of hydrogen-bond acceptors (Lipinski definition) is 3. The van der Waals surface area contributed by atoms with Gasteiger partial charge >= 0.3 is 0 Å². The van der Waals surface area contributed by atoms with Crippen LogP contribution in [0.3, 0.4) is 0 Å². The maximum absolute atomic E-state index is 10.5. The Bertz CT molecular complexity index is 1550. The summed E-state index contributed by atoms with van der Waals surface area (Å²) in [5.41, 5.74) is 9.18. The van der Waals surface area contributed by atoms with Crippen molar-refractivity contribution in [3.8, 4) is 38.6 Å². The van der Waals surface area contributed by atoms with E-state index < -0.39 is 0 Å². The van der Waals surface area contributed by atoms with Crippen LogP contribution in [0.5, 0.6) is 5.75 Å². The molecule has 3 heteroatoms. The van der Waals surface area contributed by atoms with Crippen molar-refractivity contribution < 1.29 is 5.11 Å². The monoisotopic (exact) mass is 491 g/mol. The number of thiazole rings is 1. The van der Waals surface area contributed by atoms with E-state index in [1.807, 2.05) is 18.2 Å². The van der Waals surface area contributed by atoms with E-state index in [0.717, 1.165) is 31.9 Å². The van der Waals surface area contributed by atoms with Gasteiger partial charge in [-0.2, -0.15) is 0 Å². The lowest BCUT2D eigenvalue weighted by molar-refractivity contribution is 0.477. The van der Waals surface area contributed by atoms with E-state index >= 15 is 0 Å². The molecule has 0 spiro atoms. The summed E-state index contributed by atoms with van der Waals surface area (Å²) in [5, 5.41) is 11.3. The first kappa shape index (κ1) is 24.3. The number of benzene rings is 4. The Labute approximate surface area is 218 Å². The number of fused-ring (bicyclic) bond motifs is 1. The van der Waals surface area contributed by atoms with E-state index in [4.69, 9.17) is 4.98 Å². The fourth-order valence-corrected chi connectivity index (χ4v) is 5.55. The van der Waals surface area contributed by atoms with Gasteiger partial charge in [0.15, 0.2) is 0 Å². The van der Waals surface area contributed by atoms with Crippen molar-refractivity contribution in [2.75, 3.05) is 0 Å². The van der Waals surface area contributed by atoms with Gasteiger partial charge in [0.1, 0.15) is 10.8 Å². The van der Waals surface area contributed by atoms with Gasteiger partial charge in [-0.3, -0.25) is 0 Å². The number of nitrogens with zero attached hydrogens (tertiary/aromatic N) is 1. The van der Waals surface area contributed by atoms with E-state index in [-0.39, 0.29) is 16.6 Å². The summed E-state index contributed by atoms with van der Waals surface area (Å²) in [7, 11) is 0. The molecule has 0 aliphatic rings. The molecule has 1 aromatic heterocycles. The van der Waals surface area contributed by atoms with E-state index in [9.17, 15) is 5.11 Å². The molecule has 0 unspecified atom stereocenters. The van der Waals surface area contributed by atoms with Crippen molar-refractivity contribution in [2.45, 2.75) is 52.4 Å². The van der Waals surface area contributed by atoms with Crippen molar-refractivity contribution >= 4 is 21.6 Å². The molecule has 5 rings (SSSR count). The number of hydrogen-bond donors (Lipinski definition) is 1. The van der Waals surface area contributed by atoms with Crippen LogP contribution in [0.1, 0.15) is 52.7 Å². The third kappa shape index (κ3) is 4.68. The summed E-state index contributed by atoms with van der Waals surface area (Å²) in [5.74, 6) is 0.259. The summed E-state index contributed by atoms with van der Waals surface area (Å²) >= 11 is 1.64. The molecule has 4 aromatic carbocycles. The molecule has 0 fully saturated rings. The lowest BCUT2D eigenvalue weighted by Crippen LogP contribution is -2.11. The van der Waals surface area contributed by atoms with Crippen LogP contribution in [0.4, 0.5) is 0 Å². The van der Waals surface area contributed by atoms with Crippen LogP contribution in [0.15, 0.2) is 84.9 Å². The Morgan fingerprint density at radius 3 is 1.94 bits per heavy atom. The minimum atomic E-state index is 0.00236. The third-order valence-electron chi connectivity index (χ3n) is 6.75. The number of aromatic hydroxyl groups is 1. The molecular weight excluding hydrogens is 458 g/mol. The molecule has 0 radical (unpaired) electrons. The second kappa shape index (κ2) is 8.90. The first-order valence-corrected chi connectivity index (χ1v) is 13.3. The first-order valence-electron chi connectivity index (χ1n) is 12.5. The van der Waals surface area contributed by atoms with Crippen LogP contribution in [0.25, 0.3) is 43.0 Å². The first-order chi connectivity index (χ1) is 17.0. The third-order valence-corrected chi connectivity index (χ3v) is 7.79. The summed E-state index contributed by atoms with van der Waals surface area (Å²) in [6.07, 6.45) is 0. The maximum atomic E-state index is 10.5. The summed E-state index contributed by atoms with van der Waals surface area (Å²) in [4.78, 5) is 5.04. The van der Waals surface area contributed by atoms with Gasteiger partial charge in [-0.05, 0) is 69.0 Å². The average Bonchev–Trinajstić information content (AvgIpc) is 3.27. The second-order valence-corrected chi connectivity index (χ2v) is 12.6. The van der Waals surface area contributed by atoms with Crippen molar-refractivity contribution in [3.05, 3.63) is 96.1 Å². The zero-order chi connectivity index (χ0) is 25.7. The summed E-state index contributed by atoms with van der Waals surface area (Å²) < 4.78 is 1.13. The lowest BCUT2D eigenvalue weighted by atomic mass is 9.84. The van der Waals surface area contributed by atoms with Crippen LogP contribution in [-0.2, 0) is 10.8 Å². The van der Waals surface area contributed by atoms with Crippen LogP contribution < -0.4 is 0 Å². The van der Waals surface area contributed by atoms with E-state index in [1.165, 1.54) is 22.3 Å². The predicted molar refractivity (Wildman–Crippen MR) is 155 cm³/mol. The molecule has 1 heterocycles. The molecule has 0 bridgehead atoms. The minimum Gasteiger partial charge on any atom is -0.507 e. The Hall–Kier alpha value is -3.43. The molecule has 0 aliphatic carbocycles. The van der Waals surface area contributed by atoms with E-state index in [0.29, 0.717) is 0 Å². The SMILES string of the molecule is CC(C)(C)c1ccc(-c2cccc(-c3cc(C(C)(C)C)cc4sc(-c5ccccc5O)nc34)c2)cc1. The highest BCUT2D eigenvalue weighted by Gasteiger charge is 2.20. The molecule has 5 aromatic rings. The number of aromatic nitrogens is 1. The van der Waals surface area contributed by atoms with Gasteiger partial charge in [-0.1, -0.05) is 96.1 Å². The van der Waals surface area contributed by atoms with Gasteiger partial charge in [0, 0.05) is 5.56 Å². The largest absolute Gasteiger partial charge is 0.507 e. The van der Waals surface area contributed by atoms with Crippen LogP contribution in [0.2, 0.25) is 0 Å². The molecule has 0 saturated heterocycles. The van der Waals surface area contributed by atoms with Gasteiger partial charge in [-0.25, -0.2) is 4.98 Å². The fourth-order valence-electron chi connectivity index (χ4n) is 4.48. The molecule has 0 saturated carbocycles. The zero-order valence-corrected chi connectivity index (χ0v) is 22.7. The molecular formula is C33H33NOS. The lowest BCUT2D eigenvalue weighted by Gasteiger charge is -2.20. The Balaban J connectivity index is 1.66. The standard InChI is InChI=1S/C33H33NOS/c1-32(2,3)24-16-14-21(15-17-24)22-10-9-11-23(18-22)27-19-25(33(4,5)6)20-29-30(27)34-31(36-29)26-12-7-8-13-28(26)35/h7-20,35H,1-6H3. The molecule has 1 N–H and O–H groups in total. The Morgan fingerprint density at radius 1 is 0.611 bits per heavy atom. The van der Waals surface area contributed by atoms with Gasteiger partial charge < -0.3 is 5.11 Å². The van der Waals surface area contributed by atoms with Gasteiger partial charge in [-0.15, -0.1) is 11.3 Å². The number of para-hydroxylation sites is 1. The molecule has 0 amide bonds. The summed E-state index contributed by atoms with van der Waals surface area (Å²) in [6, 6.07) is 29.7. The minimum absolute atomic E-state index is 0.00236. The van der Waals surface area contributed by atoms with Crippen LogP contribution >= 0.6 is 11.3 Å². The summed E-state index contributed by atoms with van der Waals surface area (Å²) in [6.45, 7) is 13.5. The number of rotatable bonds is 3. The van der Waals surface area contributed by atoms with Crippen molar-refractivity contribution in [1.29, 1.82) is 0 Å². The predicted octanol–water partition coefficient (Wildman–Crippen LogP) is 9.60. The molecule has 2 nitrogen and oxygen atoms in total. The van der Waals surface area contributed by atoms with Gasteiger partial charge in [0.05, 0.1) is 15.8 Å². The molecule has 36 heavy (non-hydrogen) atoms.